The summed E-state index contributed by atoms with van der Waals surface area (Å²) in [4.78, 5) is 0. The Labute approximate surface area is 86.5 Å². The number of thioether (sulfide) groups is 1. The van der Waals surface area contributed by atoms with E-state index in [1.54, 1.807) is 0 Å². The minimum absolute atomic E-state index is 0.640. The van der Waals surface area contributed by atoms with Gasteiger partial charge in [-0.2, -0.15) is 0 Å². The molecular weight excluding hydrogens is 178 g/mol. The van der Waals surface area contributed by atoms with E-state index >= 15 is 0 Å². The van der Waals surface area contributed by atoms with E-state index in [2.05, 4.69) is 32.9 Å². The smallest absolute Gasteiger partial charge is 0.120 e. The minimum atomic E-state index is 0.640. The van der Waals surface area contributed by atoms with E-state index in [4.69, 9.17) is 0 Å². The molecule has 1 aliphatic carbocycles. The van der Waals surface area contributed by atoms with Crippen LogP contribution in [0.5, 0.6) is 0 Å². The van der Waals surface area contributed by atoms with E-state index in [0.717, 1.165) is 5.25 Å². The average molecular weight is 200 g/mol. The highest BCUT2D eigenvalue weighted by atomic mass is 32.2. The number of nitrogens with zero attached hydrogens (tertiary/aromatic N) is 1. The lowest BCUT2D eigenvalue weighted by Crippen LogP contribution is -2.69. The van der Waals surface area contributed by atoms with Crippen molar-refractivity contribution in [3.05, 3.63) is 0 Å². The van der Waals surface area contributed by atoms with E-state index in [1.807, 2.05) is 0 Å². The summed E-state index contributed by atoms with van der Waals surface area (Å²) in [5, 5.41) is 0.968. The van der Waals surface area contributed by atoms with Gasteiger partial charge in [0, 0.05) is 6.42 Å². The second-order valence-electron chi connectivity index (χ2n) is 5.52. The van der Waals surface area contributed by atoms with Crippen LogP contribution in [0, 0.1) is 0 Å². The first-order valence-electron chi connectivity index (χ1n) is 5.49. The minimum Gasteiger partial charge on any atom is -0.324 e. The van der Waals surface area contributed by atoms with Gasteiger partial charge in [0.25, 0.3) is 0 Å². The molecule has 1 saturated heterocycles. The highest BCUT2D eigenvalue weighted by molar-refractivity contribution is 8.01. The summed E-state index contributed by atoms with van der Waals surface area (Å²) in [6.07, 6.45) is 7.35. The van der Waals surface area contributed by atoms with Crippen LogP contribution in [0.3, 0.4) is 0 Å². The molecule has 0 spiro atoms. The fourth-order valence-corrected chi connectivity index (χ4v) is 4.96. The summed E-state index contributed by atoms with van der Waals surface area (Å²) < 4.78 is 1.19. The zero-order chi connectivity index (χ0) is 9.53. The maximum Gasteiger partial charge on any atom is 0.120 e. The molecule has 0 N–H and O–H groups in total. The van der Waals surface area contributed by atoms with Crippen LogP contribution < -0.4 is 0 Å². The topological polar surface area (TPSA) is 0 Å². The molecule has 1 aliphatic heterocycles. The Kier molecular flexibility index (Phi) is 2.40. The highest BCUT2D eigenvalue weighted by Gasteiger charge is 2.56. The summed E-state index contributed by atoms with van der Waals surface area (Å²) >= 11 is 2.21. The van der Waals surface area contributed by atoms with Crippen molar-refractivity contribution in [2.75, 3.05) is 26.9 Å². The van der Waals surface area contributed by atoms with Crippen molar-refractivity contribution in [3.8, 4) is 0 Å². The van der Waals surface area contributed by atoms with E-state index in [-0.39, 0.29) is 0 Å². The van der Waals surface area contributed by atoms with Gasteiger partial charge in [-0.15, -0.1) is 11.8 Å². The molecule has 0 bridgehead atoms. The van der Waals surface area contributed by atoms with Crippen molar-refractivity contribution in [1.82, 2.24) is 0 Å². The van der Waals surface area contributed by atoms with Crippen LogP contribution >= 0.6 is 11.8 Å². The number of rotatable bonds is 1. The van der Waals surface area contributed by atoms with Crippen molar-refractivity contribution >= 4 is 11.8 Å². The van der Waals surface area contributed by atoms with Gasteiger partial charge >= 0.3 is 0 Å². The Balaban J connectivity index is 2.18. The third kappa shape index (κ3) is 1.42. The quantitative estimate of drug-likeness (QED) is 0.586. The van der Waals surface area contributed by atoms with Crippen LogP contribution in [0.1, 0.15) is 32.1 Å². The summed E-state index contributed by atoms with van der Waals surface area (Å²) in [5.74, 6) is 1.40. The van der Waals surface area contributed by atoms with Gasteiger partial charge in [-0.25, -0.2) is 0 Å². The van der Waals surface area contributed by atoms with Gasteiger partial charge in [0.15, 0.2) is 0 Å². The SMILES string of the molecule is C[N+](C)(C)[C@@]12CCCCC[C@H]1SC2. The number of quaternary nitrogens is 1. The molecule has 2 aliphatic rings. The van der Waals surface area contributed by atoms with Crippen LogP contribution in [-0.2, 0) is 0 Å². The van der Waals surface area contributed by atoms with Gasteiger partial charge in [-0.05, 0) is 12.8 Å². The lowest BCUT2D eigenvalue weighted by Gasteiger charge is -2.56. The van der Waals surface area contributed by atoms with E-state index in [9.17, 15) is 0 Å². The summed E-state index contributed by atoms with van der Waals surface area (Å²) in [6.45, 7) is 0. The molecule has 2 atom stereocenters. The van der Waals surface area contributed by atoms with Crippen molar-refractivity contribution in [2.24, 2.45) is 0 Å². The van der Waals surface area contributed by atoms with Crippen LogP contribution in [0.2, 0.25) is 0 Å². The lowest BCUT2D eigenvalue weighted by molar-refractivity contribution is -0.922. The zero-order valence-electron chi connectivity index (χ0n) is 9.18. The van der Waals surface area contributed by atoms with Gasteiger partial charge in [0.2, 0.25) is 0 Å². The van der Waals surface area contributed by atoms with Gasteiger partial charge in [-0.1, -0.05) is 12.8 Å². The normalized spacial score (nSPS) is 40.4. The number of fused-ring (bicyclic) bond motifs is 1. The molecule has 0 aromatic heterocycles. The maximum atomic E-state index is 2.39. The van der Waals surface area contributed by atoms with Crippen molar-refractivity contribution in [3.63, 3.8) is 0 Å². The molecule has 1 saturated carbocycles. The fraction of sp³-hybridized carbons (Fsp3) is 1.00. The van der Waals surface area contributed by atoms with Crippen LogP contribution in [0.4, 0.5) is 0 Å². The molecule has 0 unspecified atom stereocenters. The van der Waals surface area contributed by atoms with Crippen molar-refractivity contribution in [2.45, 2.75) is 42.9 Å². The standard InChI is InChI=1S/C11H22NS/c1-12(2,3)11-8-6-4-5-7-10(11)13-9-11/h10H,4-9H2,1-3H3/q+1/t10-,11-/m1/s1. The van der Waals surface area contributed by atoms with Crippen LogP contribution in [0.15, 0.2) is 0 Å². The second kappa shape index (κ2) is 3.16. The first-order valence-corrected chi connectivity index (χ1v) is 6.54. The predicted octanol–water partition coefficient (Wildman–Crippen LogP) is 2.51. The molecule has 0 aromatic carbocycles. The highest BCUT2D eigenvalue weighted by Crippen LogP contribution is 2.51. The Hall–Kier alpha value is 0.310. The first-order chi connectivity index (χ1) is 6.06. The predicted molar refractivity (Wildman–Crippen MR) is 60.1 cm³/mol. The Morgan fingerprint density at radius 3 is 2.46 bits per heavy atom. The fourth-order valence-electron chi connectivity index (χ4n) is 2.88. The summed E-state index contributed by atoms with van der Waals surface area (Å²) in [5.41, 5.74) is 0.640. The largest absolute Gasteiger partial charge is 0.324 e. The zero-order valence-corrected chi connectivity index (χ0v) is 9.99. The molecule has 2 heteroatoms. The van der Waals surface area contributed by atoms with Crippen LogP contribution in [-0.4, -0.2) is 42.2 Å². The van der Waals surface area contributed by atoms with Gasteiger partial charge < -0.3 is 4.48 Å². The molecule has 0 amide bonds. The molecule has 2 rings (SSSR count). The molecule has 0 aromatic rings. The third-order valence-electron chi connectivity index (χ3n) is 4.05. The van der Waals surface area contributed by atoms with Gasteiger partial charge in [0.1, 0.15) is 5.54 Å². The molecule has 76 valence electrons. The van der Waals surface area contributed by atoms with E-state index < -0.39 is 0 Å². The molecule has 1 heterocycles. The third-order valence-corrected chi connectivity index (χ3v) is 5.79. The second-order valence-corrected chi connectivity index (χ2v) is 6.71. The van der Waals surface area contributed by atoms with E-state index in [0.29, 0.717) is 5.54 Å². The van der Waals surface area contributed by atoms with Gasteiger partial charge in [0.05, 0.1) is 32.1 Å². The molecule has 1 nitrogen and oxygen atoms in total. The van der Waals surface area contributed by atoms with Crippen molar-refractivity contribution in [1.29, 1.82) is 0 Å². The molecular formula is C11H22NS+. The molecule has 13 heavy (non-hydrogen) atoms. The summed E-state index contributed by atoms with van der Waals surface area (Å²) in [6, 6.07) is 0. The number of hydrogen-bond acceptors (Lipinski definition) is 1. The summed E-state index contributed by atoms with van der Waals surface area (Å²) in [7, 11) is 7.16. The Bertz CT molecular complexity index is 197. The number of hydrogen-bond donors (Lipinski definition) is 0. The molecule has 0 radical (unpaired) electrons. The first kappa shape index (κ1) is 9.85. The van der Waals surface area contributed by atoms with Crippen LogP contribution in [0.25, 0.3) is 0 Å². The lowest BCUT2D eigenvalue weighted by atomic mass is 9.87. The van der Waals surface area contributed by atoms with Crippen molar-refractivity contribution < 1.29 is 4.48 Å². The maximum absolute atomic E-state index is 2.39. The average Bonchev–Trinajstić information content (AvgIpc) is 2.09. The molecule has 2 fully saturated rings. The monoisotopic (exact) mass is 200 g/mol. The Morgan fingerprint density at radius 1 is 1.15 bits per heavy atom. The van der Waals surface area contributed by atoms with Gasteiger partial charge in [-0.3, -0.25) is 0 Å². The van der Waals surface area contributed by atoms with E-state index in [1.165, 1.54) is 42.3 Å². The Morgan fingerprint density at radius 2 is 1.92 bits per heavy atom.